The Kier molecular flexibility index (Phi) is 5.98. The summed E-state index contributed by atoms with van der Waals surface area (Å²) in [6.07, 6.45) is 1.65. The van der Waals surface area contributed by atoms with Gasteiger partial charge in [-0.25, -0.2) is 9.67 Å². The van der Waals surface area contributed by atoms with E-state index in [1.165, 1.54) is 9.96 Å². The minimum Gasteiger partial charge on any atom is -0.482 e. The first-order chi connectivity index (χ1) is 17.3. The summed E-state index contributed by atoms with van der Waals surface area (Å²) in [5.74, 6) is 0.214. The first-order valence-electron chi connectivity index (χ1n) is 11.7. The predicted octanol–water partition coefficient (Wildman–Crippen LogP) is 5.04. The van der Waals surface area contributed by atoms with Crippen molar-refractivity contribution in [2.75, 3.05) is 6.61 Å². The number of rotatable bonds is 6. The van der Waals surface area contributed by atoms with Crippen LogP contribution >= 0.6 is 0 Å². The van der Waals surface area contributed by atoms with Crippen LogP contribution in [0.3, 0.4) is 0 Å². The van der Waals surface area contributed by atoms with Crippen molar-refractivity contribution in [2.45, 2.75) is 27.7 Å². The lowest BCUT2D eigenvalue weighted by molar-refractivity contribution is 0.0922. The van der Waals surface area contributed by atoms with Gasteiger partial charge < -0.3 is 4.74 Å². The topological polar surface area (TPSA) is 78.5 Å². The molecule has 5 aromatic rings. The molecule has 0 unspecified atom stereocenters. The van der Waals surface area contributed by atoms with E-state index in [1.807, 2.05) is 42.8 Å². The number of ketones is 1. The van der Waals surface area contributed by atoms with Crippen molar-refractivity contribution < 1.29 is 9.53 Å². The first kappa shape index (κ1) is 23.2. The highest BCUT2D eigenvalue weighted by molar-refractivity contribution is 5.97. The fraction of sp³-hybridized carbons (Fsp3) is 0.172. The zero-order chi connectivity index (χ0) is 25.4. The number of hydrogen-bond donors (Lipinski definition) is 0. The van der Waals surface area contributed by atoms with Crippen LogP contribution in [0.15, 0.2) is 77.7 Å². The largest absolute Gasteiger partial charge is 0.482 e. The highest BCUT2D eigenvalue weighted by Crippen LogP contribution is 2.25. The number of nitrogens with zero attached hydrogens (tertiary/aromatic N) is 4. The number of pyridine rings is 1. The molecule has 0 spiro atoms. The van der Waals surface area contributed by atoms with Gasteiger partial charge in [0.2, 0.25) is 0 Å². The number of benzene rings is 2. The number of hydrogen-bond acceptors (Lipinski definition) is 5. The van der Waals surface area contributed by atoms with Crippen LogP contribution in [0.1, 0.15) is 32.9 Å². The number of fused-ring (bicyclic) bond motifs is 1. The Labute approximate surface area is 208 Å². The fourth-order valence-corrected chi connectivity index (χ4v) is 4.38. The zero-order valence-corrected chi connectivity index (χ0v) is 20.6. The van der Waals surface area contributed by atoms with Crippen molar-refractivity contribution in [3.63, 3.8) is 0 Å². The third-order valence-electron chi connectivity index (χ3n) is 6.18. The molecule has 0 N–H and O–H groups in total. The van der Waals surface area contributed by atoms with Crippen LogP contribution in [0.2, 0.25) is 0 Å². The number of carbonyl (C=O) groups excluding carboxylic acids is 1. The molecular weight excluding hydrogens is 452 g/mol. The van der Waals surface area contributed by atoms with E-state index in [1.54, 1.807) is 49.5 Å². The second-order valence-electron chi connectivity index (χ2n) is 8.89. The summed E-state index contributed by atoms with van der Waals surface area (Å²) in [6, 6.07) is 20.5. The van der Waals surface area contributed by atoms with Gasteiger partial charge in [0.25, 0.3) is 5.56 Å². The Hall–Kier alpha value is -4.52. The van der Waals surface area contributed by atoms with Crippen LogP contribution in [0.5, 0.6) is 5.75 Å². The third kappa shape index (κ3) is 4.20. The molecule has 3 heterocycles. The lowest BCUT2D eigenvalue weighted by atomic mass is 10.1. The highest BCUT2D eigenvalue weighted by Gasteiger charge is 2.19. The maximum absolute atomic E-state index is 13.6. The van der Waals surface area contributed by atoms with Crippen molar-refractivity contribution in [3.05, 3.63) is 111 Å². The van der Waals surface area contributed by atoms with Crippen LogP contribution in [0.25, 0.3) is 22.6 Å². The Morgan fingerprint density at radius 2 is 1.72 bits per heavy atom. The summed E-state index contributed by atoms with van der Waals surface area (Å²) < 4.78 is 9.10. The molecule has 0 bridgehead atoms. The van der Waals surface area contributed by atoms with E-state index in [-0.39, 0.29) is 17.9 Å². The molecule has 0 aliphatic heterocycles. The van der Waals surface area contributed by atoms with Gasteiger partial charge in [0.15, 0.2) is 23.8 Å². The molecule has 36 heavy (non-hydrogen) atoms. The molecule has 2 aromatic carbocycles. The molecule has 3 aromatic heterocycles. The number of ether oxygens (including phenoxy) is 1. The molecular formula is C29H26N4O3. The van der Waals surface area contributed by atoms with Gasteiger partial charge in [0, 0.05) is 17.5 Å². The van der Waals surface area contributed by atoms with Crippen molar-refractivity contribution in [1.29, 1.82) is 0 Å². The molecule has 180 valence electrons. The molecule has 0 fully saturated rings. The van der Waals surface area contributed by atoms with Crippen LogP contribution in [0.4, 0.5) is 0 Å². The van der Waals surface area contributed by atoms with Gasteiger partial charge in [0.05, 0.1) is 16.9 Å². The van der Waals surface area contributed by atoms with E-state index in [0.717, 1.165) is 16.9 Å². The molecule has 0 saturated heterocycles. The Bertz CT molecular complexity index is 1670. The Morgan fingerprint density at radius 1 is 0.944 bits per heavy atom. The second kappa shape index (κ2) is 9.26. The van der Waals surface area contributed by atoms with Gasteiger partial charge in [-0.15, -0.1) is 0 Å². The summed E-state index contributed by atoms with van der Waals surface area (Å²) in [7, 11) is 0. The van der Waals surface area contributed by atoms with Crippen LogP contribution < -0.4 is 10.3 Å². The first-order valence-corrected chi connectivity index (χ1v) is 11.7. The molecule has 0 saturated carbocycles. The van der Waals surface area contributed by atoms with Crippen LogP contribution in [-0.2, 0) is 0 Å². The highest BCUT2D eigenvalue weighted by atomic mass is 16.5. The summed E-state index contributed by atoms with van der Waals surface area (Å²) in [5.41, 5.74) is 6.36. The normalized spacial score (nSPS) is 11.1. The van der Waals surface area contributed by atoms with Crippen molar-refractivity contribution >= 4 is 11.4 Å². The SMILES string of the molecule is Cc1ccc(-n2nc(-c3c(C)nc4c(OCC(=O)c5ccccc5)cccn4c3=O)cc2C)c(C)c1. The molecule has 0 atom stereocenters. The molecule has 0 radical (unpaired) electrons. The molecule has 0 aliphatic carbocycles. The monoisotopic (exact) mass is 478 g/mol. The van der Waals surface area contributed by atoms with E-state index < -0.39 is 0 Å². The summed E-state index contributed by atoms with van der Waals surface area (Å²) in [5, 5.41) is 4.77. The van der Waals surface area contributed by atoms with Gasteiger partial charge >= 0.3 is 0 Å². The van der Waals surface area contributed by atoms with Gasteiger partial charge in [-0.1, -0.05) is 48.0 Å². The number of aromatic nitrogens is 4. The van der Waals surface area contributed by atoms with Crippen molar-refractivity contribution in [3.8, 4) is 22.7 Å². The smallest absolute Gasteiger partial charge is 0.267 e. The number of carbonyl (C=O) groups is 1. The van der Waals surface area contributed by atoms with Crippen molar-refractivity contribution in [2.24, 2.45) is 0 Å². The summed E-state index contributed by atoms with van der Waals surface area (Å²) >= 11 is 0. The van der Waals surface area contributed by atoms with Crippen LogP contribution in [0, 0.1) is 27.7 Å². The van der Waals surface area contributed by atoms with E-state index >= 15 is 0 Å². The summed E-state index contributed by atoms with van der Waals surface area (Å²) in [6.45, 7) is 7.70. The van der Waals surface area contributed by atoms with E-state index in [9.17, 15) is 9.59 Å². The average molecular weight is 479 g/mol. The average Bonchev–Trinajstić information content (AvgIpc) is 3.23. The van der Waals surface area contributed by atoms with Gasteiger partial charge in [-0.3, -0.25) is 14.0 Å². The third-order valence-corrected chi connectivity index (χ3v) is 6.18. The molecule has 0 aliphatic rings. The van der Waals surface area contributed by atoms with Crippen LogP contribution in [-0.4, -0.2) is 31.6 Å². The molecule has 0 amide bonds. The van der Waals surface area contributed by atoms with Gasteiger partial charge in [0.1, 0.15) is 5.69 Å². The number of aryl methyl sites for hydroxylation is 4. The van der Waals surface area contributed by atoms with E-state index in [2.05, 4.69) is 18.0 Å². The second-order valence-corrected chi connectivity index (χ2v) is 8.89. The Morgan fingerprint density at radius 3 is 2.47 bits per heavy atom. The standard InChI is InChI=1S/C29H26N4O3/c1-18-12-13-24(19(2)15-18)33-20(3)16-23(31-33)27-21(4)30-28-26(11-8-14-32(28)29(27)35)36-17-25(34)22-9-6-5-7-10-22/h5-16H,17H2,1-4H3. The lowest BCUT2D eigenvalue weighted by Gasteiger charge is -2.11. The molecule has 7 nitrogen and oxygen atoms in total. The van der Waals surface area contributed by atoms with Gasteiger partial charge in [-0.2, -0.15) is 5.10 Å². The quantitative estimate of drug-likeness (QED) is 0.320. The molecule has 7 heteroatoms. The number of Topliss-reactive ketones (excluding diaryl/α,β-unsaturated/α-hetero) is 1. The van der Waals surface area contributed by atoms with E-state index in [4.69, 9.17) is 9.84 Å². The van der Waals surface area contributed by atoms with E-state index in [0.29, 0.717) is 33.9 Å². The molecule has 5 rings (SSSR count). The van der Waals surface area contributed by atoms with Crippen molar-refractivity contribution in [1.82, 2.24) is 19.2 Å². The Balaban J connectivity index is 1.53. The lowest BCUT2D eigenvalue weighted by Crippen LogP contribution is -2.20. The summed E-state index contributed by atoms with van der Waals surface area (Å²) in [4.78, 5) is 30.8. The van der Waals surface area contributed by atoms with Gasteiger partial charge in [-0.05, 0) is 57.5 Å². The minimum atomic E-state index is -0.248. The zero-order valence-electron chi connectivity index (χ0n) is 20.6. The maximum Gasteiger partial charge on any atom is 0.267 e. The fourth-order valence-electron chi connectivity index (χ4n) is 4.38. The minimum absolute atomic E-state index is 0.152. The predicted molar refractivity (Wildman–Crippen MR) is 139 cm³/mol. The maximum atomic E-state index is 13.6.